The summed E-state index contributed by atoms with van der Waals surface area (Å²) in [4.78, 5) is 9.11. The first-order valence-electron chi connectivity index (χ1n) is 6.96. The molecule has 0 aliphatic heterocycles. The molecule has 1 saturated carbocycles. The molecule has 1 aliphatic rings. The van der Waals surface area contributed by atoms with Gasteiger partial charge in [-0.05, 0) is 19.3 Å². The number of anilines is 1. The molecular weight excluding hydrogens is 226 g/mol. The lowest BCUT2D eigenvalue weighted by Crippen LogP contribution is -2.07. The zero-order chi connectivity index (χ0) is 12.8. The third-order valence-electron chi connectivity index (χ3n) is 3.40. The van der Waals surface area contributed by atoms with Crippen molar-refractivity contribution < 1.29 is 4.74 Å². The van der Waals surface area contributed by atoms with Crippen molar-refractivity contribution in [1.29, 1.82) is 0 Å². The van der Waals surface area contributed by atoms with E-state index in [1.165, 1.54) is 31.4 Å². The molecule has 1 N–H and O–H groups in total. The third-order valence-corrected chi connectivity index (χ3v) is 3.40. The molecule has 0 atom stereocenters. The van der Waals surface area contributed by atoms with Crippen molar-refractivity contribution in [2.45, 2.75) is 51.6 Å². The summed E-state index contributed by atoms with van der Waals surface area (Å²) in [6.07, 6.45) is 6.20. The molecule has 1 aromatic rings. The average Bonchev–Trinajstić information content (AvgIpc) is 2.92. The van der Waals surface area contributed by atoms with Crippen LogP contribution in [0.3, 0.4) is 0 Å². The summed E-state index contributed by atoms with van der Waals surface area (Å²) < 4.78 is 5.53. The molecule has 1 aliphatic carbocycles. The number of hydrogen-bond donors (Lipinski definition) is 1. The molecule has 1 heterocycles. The molecule has 18 heavy (non-hydrogen) atoms. The van der Waals surface area contributed by atoms with E-state index >= 15 is 0 Å². The van der Waals surface area contributed by atoms with Crippen molar-refractivity contribution in [3.05, 3.63) is 17.6 Å². The van der Waals surface area contributed by atoms with Gasteiger partial charge in [0.2, 0.25) is 0 Å². The van der Waals surface area contributed by atoms with E-state index in [2.05, 4.69) is 28.3 Å². The van der Waals surface area contributed by atoms with E-state index in [1.54, 1.807) is 0 Å². The lowest BCUT2D eigenvalue weighted by molar-refractivity contribution is 0.116. The van der Waals surface area contributed by atoms with E-state index in [4.69, 9.17) is 4.74 Å². The number of aromatic nitrogens is 2. The standard InChI is InChI=1S/C14H23N3O/c1-3-8-18-10-14-16-12(9-13(15-2)17-14)11-6-4-5-7-11/h9,11H,3-8,10H2,1-2H3,(H,15,16,17). The van der Waals surface area contributed by atoms with Gasteiger partial charge in [0.15, 0.2) is 5.82 Å². The van der Waals surface area contributed by atoms with Gasteiger partial charge >= 0.3 is 0 Å². The Labute approximate surface area is 109 Å². The van der Waals surface area contributed by atoms with Gasteiger partial charge in [-0.2, -0.15) is 0 Å². The Balaban J connectivity index is 2.10. The van der Waals surface area contributed by atoms with Crippen LogP contribution in [0.5, 0.6) is 0 Å². The van der Waals surface area contributed by atoms with Gasteiger partial charge in [-0.15, -0.1) is 0 Å². The van der Waals surface area contributed by atoms with Crippen molar-refractivity contribution in [3.8, 4) is 0 Å². The van der Waals surface area contributed by atoms with Crippen molar-refractivity contribution in [3.63, 3.8) is 0 Å². The number of rotatable bonds is 6. The Morgan fingerprint density at radius 3 is 2.78 bits per heavy atom. The fraction of sp³-hybridized carbons (Fsp3) is 0.714. The zero-order valence-electron chi connectivity index (χ0n) is 11.4. The fourth-order valence-electron chi connectivity index (χ4n) is 2.45. The number of nitrogens with one attached hydrogen (secondary N) is 1. The maximum atomic E-state index is 5.53. The lowest BCUT2D eigenvalue weighted by atomic mass is 10.0. The highest BCUT2D eigenvalue weighted by Crippen LogP contribution is 2.33. The summed E-state index contributed by atoms with van der Waals surface area (Å²) >= 11 is 0. The van der Waals surface area contributed by atoms with E-state index in [1.807, 2.05) is 7.05 Å². The SMILES string of the molecule is CCCOCc1nc(NC)cc(C2CCCC2)n1. The highest BCUT2D eigenvalue weighted by molar-refractivity contribution is 5.36. The maximum Gasteiger partial charge on any atom is 0.156 e. The second-order valence-electron chi connectivity index (χ2n) is 4.88. The molecule has 1 aromatic heterocycles. The van der Waals surface area contributed by atoms with Crippen molar-refractivity contribution in [2.24, 2.45) is 0 Å². The molecule has 0 amide bonds. The van der Waals surface area contributed by atoms with Crippen LogP contribution >= 0.6 is 0 Å². The van der Waals surface area contributed by atoms with Gasteiger partial charge in [0, 0.05) is 31.3 Å². The first-order chi connectivity index (χ1) is 8.83. The Kier molecular flexibility index (Phi) is 4.93. The maximum absolute atomic E-state index is 5.53. The molecule has 0 aromatic carbocycles. The summed E-state index contributed by atoms with van der Waals surface area (Å²) in [6, 6.07) is 2.08. The molecule has 0 saturated heterocycles. The highest BCUT2D eigenvalue weighted by atomic mass is 16.5. The molecule has 0 spiro atoms. The minimum atomic E-state index is 0.517. The van der Waals surface area contributed by atoms with E-state index in [0.29, 0.717) is 12.5 Å². The molecular formula is C14H23N3O. The quantitative estimate of drug-likeness (QED) is 0.787. The number of hydrogen-bond acceptors (Lipinski definition) is 4. The monoisotopic (exact) mass is 249 g/mol. The summed E-state index contributed by atoms with van der Waals surface area (Å²) in [5, 5.41) is 3.11. The van der Waals surface area contributed by atoms with Crippen LogP contribution < -0.4 is 5.32 Å². The van der Waals surface area contributed by atoms with Crippen LogP contribution in [-0.4, -0.2) is 23.6 Å². The molecule has 4 heteroatoms. The van der Waals surface area contributed by atoms with Crippen molar-refractivity contribution >= 4 is 5.82 Å². The van der Waals surface area contributed by atoms with Gasteiger partial charge in [0.1, 0.15) is 12.4 Å². The number of nitrogens with zero attached hydrogens (tertiary/aromatic N) is 2. The van der Waals surface area contributed by atoms with Gasteiger partial charge in [-0.3, -0.25) is 0 Å². The Bertz CT molecular complexity index is 375. The van der Waals surface area contributed by atoms with Gasteiger partial charge in [-0.1, -0.05) is 19.8 Å². The topological polar surface area (TPSA) is 47.0 Å². The van der Waals surface area contributed by atoms with Crippen molar-refractivity contribution in [2.75, 3.05) is 19.0 Å². The first-order valence-corrected chi connectivity index (χ1v) is 6.96. The fourth-order valence-corrected chi connectivity index (χ4v) is 2.45. The summed E-state index contributed by atoms with van der Waals surface area (Å²) in [5.41, 5.74) is 1.18. The van der Waals surface area contributed by atoms with Gasteiger partial charge in [-0.25, -0.2) is 9.97 Å². The molecule has 2 rings (SSSR count). The predicted molar refractivity (Wildman–Crippen MR) is 72.7 cm³/mol. The largest absolute Gasteiger partial charge is 0.373 e. The van der Waals surface area contributed by atoms with Crippen LogP contribution in [0.15, 0.2) is 6.07 Å². The smallest absolute Gasteiger partial charge is 0.156 e. The third kappa shape index (κ3) is 3.42. The second-order valence-corrected chi connectivity index (χ2v) is 4.88. The number of ether oxygens (including phenoxy) is 1. The van der Waals surface area contributed by atoms with Crippen LogP contribution in [0.25, 0.3) is 0 Å². The van der Waals surface area contributed by atoms with E-state index in [9.17, 15) is 0 Å². The molecule has 0 unspecified atom stereocenters. The van der Waals surface area contributed by atoms with Crippen molar-refractivity contribution in [1.82, 2.24) is 9.97 Å². The highest BCUT2D eigenvalue weighted by Gasteiger charge is 2.19. The Morgan fingerprint density at radius 1 is 1.33 bits per heavy atom. The molecule has 1 fully saturated rings. The summed E-state index contributed by atoms with van der Waals surface area (Å²) in [7, 11) is 1.90. The Morgan fingerprint density at radius 2 is 2.11 bits per heavy atom. The first kappa shape index (κ1) is 13.3. The van der Waals surface area contributed by atoms with Crippen LogP contribution in [-0.2, 0) is 11.3 Å². The van der Waals surface area contributed by atoms with E-state index < -0.39 is 0 Å². The van der Waals surface area contributed by atoms with Crippen LogP contribution in [0, 0.1) is 0 Å². The lowest BCUT2D eigenvalue weighted by Gasteiger charge is -2.12. The summed E-state index contributed by atoms with van der Waals surface area (Å²) in [6.45, 7) is 3.39. The van der Waals surface area contributed by atoms with Crippen LogP contribution in [0.1, 0.15) is 56.5 Å². The minimum absolute atomic E-state index is 0.517. The zero-order valence-corrected chi connectivity index (χ0v) is 11.4. The molecule has 100 valence electrons. The van der Waals surface area contributed by atoms with Gasteiger partial charge < -0.3 is 10.1 Å². The van der Waals surface area contributed by atoms with Gasteiger partial charge in [0.05, 0.1) is 0 Å². The predicted octanol–water partition coefficient (Wildman–Crippen LogP) is 3.10. The Hall–Kier alpha value is -1.16. The molecule has 4 nitrogen and oxygen atoms in total. The van der Waals surface area contributed by atoms with Crippen LogP contribution in [0.2, 0.25) is 0 Å². The molecule has 0 radical (unpaired) electrons. The van der Waals surface area contributed by atoms with E-state index in [0.717, 1.165) is 24.7 Å². The normalized spacial score (nSPS) is 16.1. The van der Waals surface area contributed by atoms with Gasteiger partial charge in [0.25, 0.3) is 0 Å². The second kappa shape index (κ2) is 6.69. The minimum Gasteiger partial charge on any atom is -0.373 e. The molecule has 0 bridgehead atoms. The van der Waals surface area contributed by atoms with E-state index in [-0.39, 0.29) is 0 Å². The average molecular weight is 249 g/mol. The van der Waals surface area contributed by atoms with Crippen LogP contribution in [0.4, 0.5) is 5.82 Å². The summed E-state index contributed by atoms with van der Waals surface area (Å²) in [5.74, 6) is 2.32.